The minimum absolute atomic E-state index is 0.0176. The second-order valence-electron chi connectivity index (χ2n) is 4.46. The number of nitro benzene ring substituents is 1. The molecule has 0 spiro atoms. The molecular weight excluding hydrogens is 397 g/mol. The van der Waals surface area contributed by atoms with Crippen LogP contribution in [0.3, 0.4) is 0 Å². The molecule has 0 aliphatic carbocycles. The third kappa shape index (κ3) is 4.10. The van der Waals surface area contributed by atoms with E-state index >= 15 is 0 Å². The number of amides is 1. The van der Waals surface area contributed by atoms with E-state index in [9.17, 15) is 14.9 Å². The van der Waals surface area contributed by atoms with Crippen molar-refractivity contribution in [1.82, 2.24) is 5.43 Å². The highest BCUT2D eigenvalue weighted by atomic mass is 127. The minimum atomic E-state index is -0.471. The molecule has 1 amide bonds. The van der Waals surface area contributed by atoms with E-state index < -0.39 is 4.92 Å². The van der Waals surface area contributed by atoms with Gasteiger partial charge in [0, 0.05) is 26.8 Å². The van der Waals surface area contributed by atoms with E-state index in [1.54, 1.807) is 37.3 Å². The number of rotatable bonds is 4. The largest absolute Gasteiger partial charge is 0.271 e. The lowest BCUT2D eigenvalue weighted by atomic mass is 10.1. The fourth-order valence-corrected chi connectivity index (χ4v) is 2.28. The van der Waals surface area contributed by atoms with Gasteiger partial charge in [-0.1, -0.05) is 18.2 Å². The predicted molar refractivity (Wildman–Crippen MR) is 91.9 cm³/mol. The molecule has 0 heterocycles. The Morgan fingerprint density at radius 1 is 1.18 bits per heavy atom. The molecule has 7 heteroatoms. The Balaban J connectivity index is 2.14. The summed E-state index contributed by atoms with van der Waals surface area (Å²) in [6.07, 6.45) is 0. The van der Waals surface area contributed by atoms with Crippen molar-refractivity contribution in [3.05, 3.63) is 73.3 Å². The van der Waals surface area contributed by atoms with Gasteiger partial charge in [-0.2, -0.15) is 5.10 Å². The number of nitro groups is 1. The predicted octanol–water partition coefficient (Wildman–Crippen LogP) is 3.35. The molecule has 0 aromatic heterocycles. The lowest BCUT2D eigenvalue weighted by Crippen LogP contribution is -2.19. The monoisotopic (exact) mass is 409 g/mol. The van der Waals surface area contributed by atoms with Crippen LogP contribution in [-0.4, -0.2) is 16.5 Å². The second kappa shape index (κ2) is 7.12. The Bertz CT molecular complexity index is 759. The van der Waals surface area contributed by atoms with Crippen molar-refractivity contribution in [1.29, 1.82) is 0 Å². The van der Waals surface area contributed by atoms with Gasteiger partial charge in [0.15, 0.2) is 0 Å². The quantitative estimate of drug-likeness (QED) is 0.364. The lowest BCUT2D eigenvalue weighted by Gasteiger charge is -2.03. The van der Waals surface area contributed by atoms with E-state index in [0.717, 1.165) is 3.57 Å². The average Bonchev–Trinajstić information content (AvgIpc) is 2.52. The third-order valence-electron chi connectivity index (χ3n) is 2.89. The molecule has 0 bridgehead atoms. The van der Waals surface area contributed by atoms with Gasteiger partial charge in [-0.25, -0.2) is 5.43 Å². The average molecular weight is 409 g/mol. The van der Waals surface area contributed by atoms with Crippen LogP contribution in [-0.2, 0) is 0 Å². The van der Waals surface area contributed by atoms with Gasteiger partial charge in [0.05, 0.1) is 10.6 Å². The number of hydrogen-bond donors (Lipinski definition) is 1. The smallest absolute Gasteiger partial charge is 0.267 e. The van der Waals surface area contributed by atoms with Crippen LogP contribution in [0.1, 0.15) is 22.8 Å². The SMILES string of the molecule is C/C(=N/NC(=O)c1cccc(I)c1)c1cccc([N+](=O)[O-])c1. The lowest BCUT2D eigenvalue weighted by molar-refractivity contribution is -0.384. The summed E-state index contributed by atoms with van der Waals surface area (Å²) in [5.41, 5.74) is 4.00. The second-order valence-corrected chi connectivity index (χ2v) is 5.70. The Hall–Kier alpha value is -2.29. The van der Waals surface area contributed by atoms with Gasteiger partial charge >= 0.3 is 0 Å². The molecule has 0 saturated heterocycles. The molecule has 0 aliphatic heterocycles. The number of nitrogens with one attached hydrogen (secondary N) is 1. The van der Waals surface area contributed by atoms with Crippen molar-refractivity contribution in [3.63, 3.8) is 0 Å². The number of non-ortho nitro benzene ring substituents is 1. The third-order valence-corrected chi connectivity index (χ3v) is 3.56. The fraction of sp³-hybridized carbons (Fsp3) is 0.0667. The maximum absolute atomic E-state index is 12.0. The summed E-state index contributed by atoms with van der Waals surface area (Å²) >= 11 is 2.12. The summed E-state index contributed by atoms with van der Waals surface area (Å²) in [5.74, 6) is -0.330. The number of benzene rings is 2. The van der Waals surface area contributed by atoms with Gasteiger partial charge < -0.3 is 0 Å². The number of hydrazone groups is 1. The van der Waals surface area contributed by atoms with Crippen LogP contribution in [0.2, 0.25) is 0 Å². The van der Waals surface area contributed by atoms with Crippen molar-refractivity contribution in [2.45, 2.75) is 6.92 Å². The number of hydrogen-bond acceptors (Lipinski definition) is 4. The molecule has 0 aliphatic rings. The van der Waals surface area contributed by atoms with Crippen LogP contribution in [0.4, 0.5) is 5.69 Å². The van der Waals surface area contributed by atoms with E-state index in [1.807, 2.05) is 6.07 Å². The minimum Gasteiger partial charge on any atom is -0.267 e. The van der Waals surface area contributed by atoms with Crippen LogP contribution in [0.15, 0.2) is 53.6 Å². The zero-order valence-corrected chi connectivity index (χ0v) is 13.8. The molecule has 2 aromatic carbocycles. The molecule has 1 N–H and O–H groups in total. The summed E-state index contributed by atoms with van der Waals surface area (Å²) < 4.78 is 0.949. The van der Waals surface area contributed by atoms with Crippen LogP contribution in [0.25, 0.3) is 0 Å². The Kier molecular flexibility index (Phi) is 5.21. The van der Waals surface area contributed by atoms with Crippen LogP contribution in [0.5, 0.6) is 0 Å². The van der Waals surface area contributed by atoms with E-state index in [4.69, 9.17) is 0 Å². The number of carbonyl (C=O) groups is 1. The topological polar surface area (TPSA) is 84.6 Å². The summed E-state index contributed by atoms with van der Waals surface area (Å²) in [5, 5.41) is 14.7. The van der Waals surface area contributed by atoms with E-state index in [1.165, 1.54) is 12.1 Å². The molecular formula is C15H12IN3O3. The summed E-state index contributed by atoms with van der Waals surface area (Å²) in [7, 11) is 0. The maximum Gasteiger partial charge on any atom is 0.271 e. The van der Waals surface area contributed by atoms with Crippen LogP contribution >= 0.6 is 22.6 Å². The molecule has 22 heavy (non-hydrogen) atoms. The first-order valence-corrected chi connectivity index (χ1v) is 7.40. The van der Waals surface area contributed by atoms with Gasteiger partial charge in [-0.3, -0.25) is 14.9 Å². The molecule has 2 aromatic rings. The zero-order chi connectivity index (χ0) is 16.1. The standard InChI is InChI=1S/C15H12IN3O3/c1-10(11-4-3-7-14(9-11)19(21)22)17-18-15(20)12-5-2-6-13(16)8-12/h2-9H,1H3,(H,18,20)/b17-10-. The first-order chi connectivity index (χ1) is 10.5. The molecule has 0 saturated carbocycles. The molecule has 112 valence electrons. The molecule has 0 atom stereocenters. The normalized spacial score (nSPS) is 11.1. The zero-order valence-electron chi connectivity index (χ0n) is 11.6. The molecule has 6 nitrogen and oxygen atoms in total. The van der Waals surface area contributed by atoms with Crippen LogP contribution in [0, 0.1) is 13.7 Å². The van der Waals surface area contributed by atoms with Gasteiger partial charge in [0.2, 0.25) is 0 Å². The number of carbonyl (C=O) groups excluding carboxylic acids is 1. The maximum atomic E-state index is 12.0. The fourth-order valence-electron chi connectivity index (χ4n) is 1.74. The van der Waals surface area contributed by atoms with Gasteiger partial charge in [0.25, 0.3) is 11.6 Å². The van der Waals surface area contributed by atoms with E-state index in [0.29, 0.717) is 16.8 Å². The van der Waals surface area contributed by atoms with Crippen molar-refractivity contribution >= 4 is 39.9 Å². The summed E-state index contributed by atoms with van der Waals surface area (Å²) in [6.45, 7) is 1.67. The first kappa shape index (κ1) is 16.1. The molecule has 2 rings (SSSR count). The Morgan fingerprint density at radius 2 is 1.86 bits per heavy atom. The Morgan fingerprint density at radius 3 is 2.55 bits per heavy atom. The van der Waals surface area contributed by atoms with Crippen molar-refractivity contribution in [3.8, 4) is 0 Å². The molecule has 0 fully saturated rings. The highest BCUT2D eigenvalue weighted by Crippen LogP contribution is 2.13. The Labute approximate surface area is 140 Å². The van der Waals surface area contributed by atoms with E-state index in [2.05, 4.69) is 33.1 Å². The van der Waals surface area contributed by atoms with Crippen LogP contribution < -0.4 is 5.43 Å². The summed E-state index contributed by atoms with van der Waals surface area (Å²) in [6, 6.07) is 13.2. The molecule has 0 radical (unpaired) electrons. The number of nitrogens with zero attached hydrogens (tertiary/aromatic N) is 2. The van der Waals surface area contributed by atoms with Crippen molar-refractivity contribution < 1.29 is 9.72 Å². The van der Waals surface area contributed by atoms with Gasteiger partial charge in [-0.05, 0) is 47.7 Å². The van der Waals surface area contributed by atoms with Gasteiger partial charge in [0.1, 0.15) is 0 Å². The van der Waals surface area contributed by atoms with Crippen molar-refractivity contribution in [2.75, 3.05) is 0 Å². The van der Waals surface area contributed by atoms with E-state index in [-0.39, 0.29) is 11.6 Å². The number of halogens is 1. The first-order valence-electron chi connectivity index (χ1n) is 6.32. The highest BCUT2D eigenvalue weighted by molar-refractivity contribution is 14.1. The highest BCUT2D eigenvalue weighted by Gasteiger charge is 2.08. The summed E-state index contributed by atoms with van der Waals surface area (Å²) in [4.78, 5) is 22.3. The molecule has 0 unspecified atom stereocenters. The van der Waals surface area contributed by atoms with Crippen molar-refractivity contribution in [2.24, 2.45) is 5.10 Å². The van der Waals surface area contributed by atoms with Gasteiger partial charge in [-0.15, -0.1) is 0 Å².